The third kappa shape index (κ3) is 3.07. The van der Waals surface area contributed by atoms with Crippen LogP contribution >= 0.6 is 11.3 Å². The monoisotopic (exact) mass is 407 g/mol. The Labute approximate surface area is 170 Å². The van der Waals surface area contributed by atoms with E-state index >= 15 is 0 Å². The van der Waals surface area contributed by atoms with Crippen molar-refractivity contribution in [2.45, 2.75) is 6.92 Å². The molecule has 0 atom stereocenters. The quantitative estimate of drug-likeness (QED) is 0.520. The number of pyridine rings is 1. The van der Waals surface area contributed by atoms with E-state index in [9.17, 15) is 4.79 Å². The summed E-state index contributed by atoms with van der Waals surface area (Å²) in [7, 11) is 0. The topological polar surface area (TPSA) is 95.7 Å². The number of nitrogens with two attached hydrogens (primary N) is 1. The number of carbonyl (C=O) groups is 1. The molecular weight excluding hydrogens is 390 g/mol. The normalized spacial score (nSPS) is 12.4. The maximum atomic E-state index is 12.8. The van der Waals surface area contributed by atoms with E-state index in [1.165, 1.54) is 11.3 Å². The lowest BCUT2D eigenvalue weighted by Gasteiger charge is -2.05. The Bertz CT molecular complexity index is 1270. The van der Waals surface area contributed by atoms with E-state index in [2.05, 4.69) is 10.3 Å². The molecule has 1 amide bonds. The lowest BCUT2D eigenvalue weighted by molar-refractivity contribution is 0.103. The van der Waals surface area contributed by atoms with Crippen LogP contribution < -0.4 is 25.3 Å². The summed E-state index contributed by atoms with van der Waals surface area (Å²) in [4.78, 5) is 18.6. The van der Waals surface area contributed by atoms with Crippen molar-refractivity contribution in [3.8, 4) is 17.2 Å². The van der Waals surface area contributed by atoms with Gasteiger partial charge in [0.1, 0.15) is 15.5 Å². The summed E-state index contributed by atoms with van der Waals surface area (Å²) in [5.74, 6) is 1.75. The number of carbonyl (C=O) groups excluding carboxylic acids is 1. The fraction of sp³-hybridized carbons (Fsp3) is 0.143. The molecule has 0 unspecified atom stereocenters. The second kappa shape index (κ2) is 6.82. The van der Waals surface area contributed by atoms with Crippen molar-refractivity contribution in [3.05, 3.63) is 47.3 Å². The number of amides is 1. The van der Waals surface area contributed by atoms with E-state index in [4.69, 9.17) is 19.9 Å². The summed E-state index contributed by atoms with van der Waals surface area (Å²) < 4.78 is 16.2. The van der Waals surface area contributed by atoms with Crippen LogP contribution in [0.4, 0.5) is 11.4 Å². The Kier molecular flexibility index (Phi) is 4.13. The first-order chi connectivity index (χ1) is 14.1. The molecule has 0 bridgehead atoms. The molecule has 7 nitrogen and oxygen atoms in total. The number of aromatic nitrogens is 1. The third-order valence-electron chi connectivity index (χ3n) is 4.63. The molecule has 0 fully saturated rings. The van der Waals surface area contributed by atoms with Crippen molar-refractivity contribution >= 4 is 49.7 Å². The van der Waals surface area contributed by atoms with Crippen molar-refractivity contribution in [2.75, 3.05) is 24.5 Å². The van der Waals surface area contributed by atoms with Crippen LogP contribution in [0.1, 0.15) is 16.6 Å². The Balaban J connectivity index is 1.50. The van der Waals surface area contributed by atoms with Crippen LogP contribution in [0.25, 0.3) is 21.1 Å². The van der Waals surface area contributed by atoms with Crippen LogP contribution in [0.3, 0.4) is 0 Å². The molecule has 0 aliphatic carbocycles. The summed E-state index contributed by atoms with van der Waals surface area (Å²) >= 11 is 1.27. The summed E-state index contributed by atoms with van der Waals surface area (Å²) in [6.45, 7) is 2.71. The molecular formula is C21H17N3O4S. The minimum atomic E-state index is -0.288. The smallest absolute Gasteiger partial charge is 0.267 e. The first-order valence-corrected chi connectivity index (χ1v) is 9.90. The van der Waals surface area contributed by atoms with Crippen molar-refractivity contribution in [3.63, 3.8) is 0 Å². The molecule has 146 valence electrons. The molecule has 1 aliphatic rings. The Morgan fingerprint density at radius 3 is 2.93 bits per heavy atom. The zero-order chi connectivity index (χ0) is 20.0. The fourth-order valence-corrected chi connectivity index (χ4v) is 4.25. The maximum Gasteiger partial charge on any atom is 0.267 e. The molecule has 3 heterocycles. The summed E-state index contributed by atoms with van der Waals surface area (Å²) in [5, 5.41) is 4.53. The highest BCUT2D eigenvalue weighted by atomic mass is 32.1. The van der Waals surface area contributed by atoms with Gasteiger partial charge in [0.25, 0.3) is 5.91 Å². The Morgan fingerprint density at radius 1 is 1.21 bits per heavy atom. The zero-order valence-corrected chi connectivity index (χ0v) is 16.3. The van der Waals surface area contributed by atoms with Gasteiger partial charge in [0, 0.05) is 22.5 Å². The van der Waals surface area contributed by atoms with Crippen LogP contribution in [0, 0.1) is 0 Å². The number of thiophene rings is 1. The second-order valence-corrected chi connectivity index (χ2v) is 7.49. The van der Waals surface area contributed by atoms with Crippen molar-refractivity contribution < 1.29 is 19.0 Å². The molecule has 1 aliphatic heterocycles. The fourth-order valence-electron chi connectivity index (χ4n) is 3.27. The number of ether oxygens (including phenoxy) is 3. The van der Waals surface area contributed by atoms with Gasteiger partial charge in [0.15, 0.2) is 11.5 Å². The van der Waals surface area contributed by atoms with E-state index in [-0.39, 0.29) is 12.7 Å². The van der Waals surface area contributed by atoms with Crippen LogP contribution in [0.5, 0.6) is 17.2 Å². The van der Waals surface area contributed by atoms with Gasteiger partial charge in [0.2, 0.25) is 6.79 Å². The molecule has 3 N–H and O–H groups in total. The lowest BCUT2D eigenvalue weighted by atomic mass is 10.1. The zero-order valence-electron chi connectivity index (χ0n) is 15.5. The highest BCUT2D eigenvalue weighted by molar-refractivity contribution is 7.21. The molecule has 0 saturated carbocycles. The molecule has 0 radical (unpaired) electrons. The molecule has 2 aromatic heterocycles. The molecule has 5 rings (SSSR count). The number of hydrogen-bond acceptors (Lipinski definition) is 7. The molecule has 8 heteroatoms. The number of nitrogens with zero attached hydrogens (tertiary/aromatic N) is 1. The number of nitrogens with one attached hydrogen (secondary N) is 1. The van der Waals surface area contributed by atoms with Gasteiger partial charge in [-0.2, -0.15) is 0 Å². The van der Waals surface area contributed by atoms with E-state index < -0.39 is 0 Å². The molecule has 2 aromatic carbocycles. The van der Waals surface area contributed by atoms with Crippen molar-refractivity contribution in [2.24, 2.45) is 0 Å². The lowest BCUT2D eigenvalue weighted by Crippen LogP contribution is -2.11. The van der Waals surface area contributed by atoms with Gasteiger partial charge in [-0.05, 0) is 43.3 Å². The molecule has 0 saturated heterocycles. The van der Waals surface area contributed by atoms with Gasteiger partial charge in [-0.1, -0.05) is 0 Å². The van der Waals surface area contributed by atoms with Crippen LogP contribution in [0.15, 0.2) is 42.5 Å². The maximum absolute atomic E-state index is 12.8. The molecule has 0 spiro atoms. The summed E-state index contributed by atoms with van der Waals surface area (Å²) in [6, 6.07) is 12.9. The highest BCUT2D eigenvalue weighted by Crippen LogP contribution is 2.37. The van der Waals surface area contributed by atoms with Gasteiger partial charge >= 0.3 is 0 Å². The second-order valence-electron chi connectivity index (χ2n) is 6.50. The average molecular weight is 407 g/mol. The number of hydrogen-bond donors (Lipinski definition) is 2. The first-order valence-electron chi connectivity index (χ1n) is 9.09. The predicted molar refractivity (Wildman–Crippen MR) is 113 cm³/mol. The number of anilines is 2. The molecule has 4 aromatic rings. The highest BCUT2D eigenvalue weighted by Gasteiger charge is 2.20. The minimum Gasteiger partial charge on any atom is -0.494 e. The largest absolute Gasteiger partial charge is 0.494 e. The van der Waals surface area contributed by atoms with Crippen LogP contribution in [-0.2, 0) is 0 Å². The Morgan fingerprint density at radius 2 is 2.07 bits per heavy atom. The number of fused-ring (bicyclic) bond motifs is 3. The minimum absolute atomic E-state index is 0.181. The first kappa shape index (κ1) is 17.6. The van der Waals surface area contributed by atoms with Crippen LogP contribution in [-0.4, -0.2) is 24.3 Å². The van der Waals surface area contributed by atoms with Gasteiger partial charge in [0.05, 0.1) is 17.8 Å². The van der Waals surface area contributed by atoms with Crippen molar-refractivity contribution in [1.82, 2.24) is 4.98 Å². The average Bonchev–Trinajstić information content (AvgIpc) is 3.31. The predicted octanol–water partition coefficient (Wildman–Crippen LogP) is 4.41. The summed E-state index contributed by atoms with van der Waals surface area (Å²) in [6.07, 6.45) is 0. The third-order valence-corrected chi connectivity index (χ3v) is 5.75. The van der Waals surface area contributed by atoms with Gasteiger partial charge in [-0.3, -0.25) is 4.79 Å². The van der Waals surface area contributed by atoms with E-state index in [0.717, 1.165) is 26.9 Å². The standard InChI is InChI=1S/C21H17N3O4S/c1-2-26-13-4-5-15-11(7-13)8-14-18(22)19(29-21(14)24-15)20(25)23-12-3-6-16-17(9-12)28-10-27-16/h3-9H,2,10,22H2,1H3,(H,23,25). The Hall–Kier alpha value is -3.52. The SMILES string of the molecule is CCOc1ccc2nc3sc(C(=O)Nc4ccc5c(c4)OCO5)c(N)c3cc2c1. The number of rotatable bonds is 4. The number of nitrogen functional groups attached to an aromatic ring is 1. The van der Waals surface area contributed by atoms with Crippen LogP contribution in [0.2, 0.25) is 0 Å². The van der Waals surface area contributed by atoms with E-state index in [1.54, 1.807) is 18.2 Å². The number of benzene rings is 2. The summed E-state index contributed by atoms with van der Waals surface area (Å²) in [5.41, 5.74) is 8.15. The van der Waals surface area contributed by atoms with E-state index in [1.807, 2.05) is 31.2 Å². The van der Waals surface area contributed by atoms with Crippen molar-refractivity contribution in [1.29, 1.82) is 0 Å². The van der Waals surface area contributed by atoms with Gasteiger partial charge in [-0.15, -0.1) is 11.3 Å². The van der Waals surface area contributed by atoms with Gasteiger partial charge in [-0.25, -0.2) is 4.98 Å². The molecule has 29 heavy (non-hydrogen) atoms. The van der Waals surface area contributed by atoms with E-state index in [0.29, 0.717) is 34.4 Å². The van der Waals surface area contributed by atoms with Gasteiger partial charge < -0.3 is 25.3 Å².